The summed E-state index contributed by atoms with van der Waals surface area (Å²) in [5.74, 6) is -3.14. The first kappa shape index (κ1) is 10.3. The number of ether oxygens (including phenoxy) is 1. The Morgan fingerprint density at radius 2 is 2.23 bits per heavy atom. The number of rotatable bonds is 2. The predicted octanol–water partition coefficient (Wildman–Crippen LogP) is 0.863. The Kier molecular flexibility index (Phi) is 2.27. The molecule has 13 heavy (non-hydrogen) atoms. The second-order valence-electron chi connectivity index (χ2n) is 2.94. The minimum atomic E-state index is -4.53. The molecule has 0 radical (unpaired) electrons. The molecule has 0 heterocycles. The maximum absolute atomic E-state index is 12.0. The summed E-state index contributed by atoms with van der Waals surface area (Å²) < 4.78 is 40.2. The first-order chi connectivity index (χ1) is 5.82. The Morgan fingerprint density at radius 1 is 1.69 bits per heavy atom. The van der Waals surface area contributed by atoms with Crippen LogP contribution in [0.4, 0.5) is 13.2 Å². The molecule has 6 heteroatoms. The van der Waals surface area contributed by atoms with Gasteiger partial charge in [0.2, 0.25) is 0 Å². The van der Waals surface area contributed by atoms with Crippen LogP contribution in [0.15, 0.2) is 0 Å². The van der Waals surface area contributed by atoms with Crippen molar-refractivity contribution in [2.75, 3.05) is 6.61 Å². The zero-order valence-corrected chi connectivity index (χ0v) is 6.89. The maximum atomic E-state index is 12.0. The quantitative estimate of drug-likeness (QED) is 0.669. The average molecular weight is 198 g/mol. The zero-order chi connectivity index (χ0) is 10.3. The van der Waals surface area contributed by atoms with Gasteiger partial charge in [-0.15, -0.1) is 0 Å². The van der Waals surface area contributed by atoms with Crippen LogP contribution in [0, 0.1) is 5.92 Å². The fourth-order valence-corrected chi connectivity index (χ4v) is 1.12. The van der Waals surface area contributed by atoms with Crippen LogP contribution in [0.2, 0.25) is 0 Å². The van der Waals surface area contributed by atoms with E-state index in [9.17, 15) is 18.0 Å². The lowest BCUT2D eigenvalue weighted by molar-refractivity contribution is -0.180. The van der Waals surface area contributed by atoms with E-state index in [0.29, 0.717) is 0 Å². The third-order valence-corrected chi connectivity index (χ3v) is 1.96. The number of aliphatic hydroxyl groups is 1. The van der Waals surface area contributed by atoms with Crippen molar-refractivity contribution in [1.29, 1.82) is 0 Å². The van der Waals surface area contributed by atoms with Crippen LogP contribution in [0.25, 0.3) is 0 Å². The van der Waals surface area contributed by atoms with Crippen molar-refractivity contribution >= 4 is 5.97 Å². The van der Waals surface area contributed by atoms with Gasteiger partial charge in [0, 0.05) is 6.42 Å². The average Bonchev–Trinajstić information content (AvgIpc) is 2.63. The fourth-order valence-electron chi connectivity index (χ4n) is 1.12. The van der Waals surface area contributed by atoms with E-state index in [0.717, 1.165) is 0 Å². The molecule has 0 bridgehead atoms. The summed E-state index contributed by atoms with van der Waals surface area (Å²) in [6.07, 6.45) is -5.11. The lowest BCUT2D eigenvalue weighted by Crippen LogP contribution is -2.31. The summed E-state index contributed by atoms with van der Waals surface area (Å²) in [7, 11) is 0. The minimum Gasteiger partial charge on any atom is -0.464 e. The maximum Gasteiger partial charge on any atom is 0.395 e. The van der Waals surface area contributed by atoms with Crippen LogP contribution in [0.1, 0.15) is 13.3 Å². The molecule has 0 aromatic heterocycles. The van der Waals surface area contributed by atoms with Crippen LogP contribution in [0.3, 0.4) is 0 Å². The zero-order valence-electron chi connectivity index (χ0n) is 6.89. The molecule has 2 atom stereocenters. The molecular weight excluding hydrogens is 189 g/mol. The molecule has 1 saturated carbocycles. The first-order valence-corrected chi connectivity index (χ1v) is 3.78. The molecule has 0 aromatic rings. The second-order valence-corrected chi connectivity index (χ2v) is 2.94. The third-order valence-electron chi connectivity index (χ3n) is 1.96. The Hall–Kier alpha value is -0.780. The Bertz CT molecular complexity index is 226. The normalized spacial score (nSPS) is 32.8. The van der Waals surface area contributed by atoms with Gasteiger partial charge < -0.3 is 9.84 Å². The molecule has 1 aliphatic carbocycles. The highest BCUT2D eigenvalue weighted by molar-refractivity contribution is 5.83. The number of halogens is 3. The van der Waals surface area contributed by atoms with Crippen molar-refractivity contribution in [3.63, 3.8) is 0 Å². The highest BCUT2D eigenvalue weighted by Crippen LogP contribution is 2.53. The van der Waals surface area contributed by atoms with E-state index < -0.39 is 30.1 Å². The number of hydrogen-bond donors (Lipinski definition) is 1. The number of carbonyl (C=O) groups is 1. The second kappa shape index (κ2) is 2.87. The summed E-state index contributed by atoms with van der Waals surface area (Å²) in [5, 5.41) is 9.13. The van der Waals surface area contributed by atoms with Gasteiger partial charge in [0.1, 0.15) is 0 Å². The van der Waals surface area contributed by atoms with E-state index in [4.69, 9.17) is 5.11 Å². The van der Waals surface area contributed by atoms with Crippen molar-refractivity contribution in [3.05, 3.63) is 0 Å². The van der Waals surface area contributed by atoms with Gasteiger partial charge in [-0.1, -0.05) is 0 Å². The van der Waals surface area contributed by atoms with E-state index in [1.54, 1.807) is 0 Å². The number of carbonyl (C=O) groups excluding carboxylic acids is 1. The molecule has 0 aromatic carbocycles. The standard InChI is InChI=1S/C7H9F3O3/c1-2-13-5(11)6(12)3-4(6)7(8,9)10/h4,12H,2-3H2,1H3. The van der Waals surface area contributed by atoms with Crippen molar-refractivity contribution < 1.29 is 27.8 Å². The van der Waals surface area contributed by atoms with Crippen LogP contribution < -0.4 is 0 Å². The van der Waals surface area contributed by atoms with Crippen LogP contribution >= 0.6 is 0 Å². The van der Waals surface area contributed by atoms with E-state index in [-0.39, 0.29) is 6.61 Å². The Balaban J connectivity index is 2.59. The summed E-state index contributed by atoms with van der Waals surface area (Å²) in [6, 6.07) is 0. The Labute approximate surface area is 72.5 Å². The minimum absolute atomic E-state index is 0.0360. The summed E-state index contributed by atoms with van der Waals surface area (Å²) in [6.45, 7) is 1.43. The molecule has 0 saturated heterocycles. The molecule has 0 aliphatic heterocycles. The molecule has 1 aliphatic rings. The van der Waals surface area contributed by atoms with Gasteiger partial charge >= 0.3 is 12.1 Å². The van der Waals surface area contributed by atoms with E-state index in [1.165, 1.54) is 6.92 Å². The number of esters is 1. The molecule has 1 fully saturated rings. The van der Waals surface area contributed by atoms with Crippen molar-refractivity contribution in [1.82, 2.24) is 0 Å². The van der Waals surface area contributed by atoms with E-state index in [2.05, 4.69) is 4.74 Å². The first-order valence-electron chi connectivity index (χ1n) is 3.78. The SMILES string of the molecule is CCOC(=O)C1(O)CC1C(F)(F)F. The summed E-state index contributed by atoms with van der Waals surface area (Å²) in [4.78, 5) is 10.8. The van der Waals surface area contributed by atoms with Gasteiger partial charge in [0.25, 0.3) is 0 Å². The number of alkyl halides is 3. The van der Waals surface area contributed by atoms with Crippen LogP contribution in [-0.4, -0.2) is 29.5 Å². The fraction of sp³-hybridized carbons (Fsp3) is 0.857. The highest BCUT2D eigenvalue weighted by Gasteiger charge is 2.71. The molecule has 76 valence electrons. The summed E-state index contributed by atoms with van der Waals surface area (Å²) >= 11 is 0. The van der Waals surface area contributed by atoms with Gasteiger partial charge in [0.05, 0.1) is 12.5 Å². The Morgan fingerprint density at radius 3 is 2.54 bits per heavy atom. The van der Waals surface area contributed by atoms with Crippen molar-refractivity contribution in [2.24, 2.45) is 5.92 Å². The number of hydrogen-bond acceptors (Lipinski definition) is 3. The van der Waals surface area contributed by atoms with Gasteiger partial charge in [-0.05, 0) is 6.92 Å². The largest absolute Gasteiger partial charge is 0.464 e. The molecule has 0 spiro atoms. The smallest absolute Gasteiger partial charge is 0.395 e. The van der Waals surface area contributed by atoms with Gasteiger partial charge in [0.15, 0.2) is 5.60 Å². The van der Waals surface area contributed by atoms with Crippen molar-refractivity contribution in [2.45, 2.75) is 25.1 Å². The van der Waals surface area contributed by atoms with Gasteiger partial charge in [-0.2, -0.15) is 13.2 Å². The molecule has 0 amide bonds. The highest BCUT2D eigenvalue weighted by atomic mass is 19.4. The molecule has 3 nitrogen and oxygen atoms in total. The lowest BCUT2D eigenvalue weighted by Gasteiger charge is -2.10. The van der Waals surface area contributed by atoms with Crippen LogP contribution in [-0.2, 0) is 9.53 Å². The molecule has 1 N–H and O–H groups in total. The third kappa shape index (κ3) is 1.77. The van der Waals surface area contributed by atoms with E-state index >= 15 is 0 Å². The topological polar surface area (TPSA) is 46.5 Å². The predicted molar refractivity (Wildman–Crippen MR) is 35.7 cm³/mol. The van der Waals surface area contributed by atoms with Crippen molar-refractivity contribution in [3.8, 4) is 0 Å². The lowest BCUT2D eigenvalue weighted by atomic mass is 10.2. The molecular formula is C7H9F3O3. The molecule has 2 unspecified atom stereocenters. The van der Waals surface area contributed by atoms with Gasteiger partial charge in [-0.3, -0.25) is 0 Å². The van der Waals surface area contributed by atoms with E-state index in [1.807, 2.05) is 0 Å². The van der Waals surface area contributed by atoms with Crippen LogP contribution in [0.5, 0.6) is 0 Å². The monoisotopic (exact) mass is 198 g/mol. The summed E-state index contributed by atoms with van der Waals surface area (Å²) in [5.41, 5.74) is -2.33. The van der Waals surface area contributed by atoms with Gasteiger partial charge in [-0.25, -0.2) is 4.79 Å². The molecule has 1 rings (SSSR count).